The highest BCUT2D eigenvalue weighted by molar-refractivity contribution is 7.92. The molecule has 7 nitrogen and oxygen atoms in total. The summed E-state index contributed by atoms with van der Waals surface area (Å²) in [6, 6.07) is 10.1. The topological polar surface area (TPSA) is 82.5 Å². The van der Waals surface area contributed by atoms with E-state index < -0.39 is 15.8 Å². The van der Waals surface area contributed by atoms with Crippen LogP contribution in [0.3, 0.4) is 0 Å². The first-order valence-electron chi connectivity index (χ1n) is 8.25. The third-order valence-corrected chi connectivity index (χ3v) is 5.36. The molecule has 1 aliphatic rings. The first-order valence-corrected chi connectivity index (χ1v) is 9.73. The van der Waals surface area contributed by atoms with Gasteiger partial charge in [0.15, 0.2) is 17.3 Å². The van der Waals surface area contributed by atoms with Crippen LogP contribution in [0.2, 0.25) is 0 Å². The lowest BCUT2D eigenvalue weighted by Gasteiger charge is -2.12. The van der Waals surface area contributed by atoms with Crippen molar-refractivity contribution in [1.29, 1.82) is 0 Å². The predicted molar refractivity (Wildman–Crippen MR) is 96.4 cm³/mol. The molecule has 0 saturated carbocycles. The van der Waals surface area contributed by atoms with Gasteiger partial charge in [0.25, 0.3) is 10.0 Å². The number of benzene rings is 2. The van der Waals surface area contributed by atoms with E-state index >= 15 is 0 Å². The van der Waals surface area contributed by atoms with Crippen LogP contribution in [0.4, 0.5) is 10.1 Å². The zero-order valence-electron chi connectivity index (χ0n) is 14.1. The lowest BCUT2D eigenvalue weighted by Crippen LogP contribution is -2.13. The summed E-state index contributed by atoms with van der Waals surface area (Å²) in [7, 11) is -3.92. The second kappa shape index (κ2) is 6.92. The van der Waals surface area contributed by atoms with Gasteiger partial charge in [-0.2, -0.15) is 5.10 Å². The highest BCUT2D eigenvalue weighted by Gasteiger charge is 2.19. The Morgan fingerprint density at radius 2 is 1.89 bits per heavy atom. The molecule has 1 aromatic heterocycles. The van der Waals surface area contributed by atoms with Crippen LogP contribution in [0.25, 0.3) is 5.69 Å². The van der Waals surface area contributed by atoms with Crippen LogP contribution >= 0.6 is 0 Å². The van der Waals surface area contributed by atoms with Gasteiger partial charge in [0.05, 0.1) is 23.8 Å². The predicted octanol–water partition coefficient (Wildman–Crippen LogP) is 2.97. The smallest absolute Gasteiger partial charge is 0.262 e. The van der Waals surface area contributed by atoms with Crippen molar-refractivity contribution in [1.82, 2.24) is 9.78 Å². The van der Waals surface area contributed by atoms with Gasteiger partial charge in [0, 0.05) is 30.9 Å². The second-order valence-corrected chi connectivity index (χ2v) is 7.56. The summed E-state index contributed by atoms with van der Waals surface area (Å²) in [6.45, 7) is 0.962. The molecule has 0 saturated heterocycles. The van der Waals surface area contributed by atoms with Crippen LogP contribution in [0.15, 0.2) is 59.8 Å². The van der Waals surface area contributed by atoms with E-state index in [1.165, 1.54) is 35.1 Å². The third-order valence-electron chi connectivity index (χ3n) is 3.98. The van der Waals surface area contributed by atoms with Crippen molar-refractivity contribution in [3.05, 3.63) is 60.7 Å². The zero-order chi connectivity index (χ0) is 18.9. The molecule has 1 N–H and O–H groups in total. The van der Waals surface area contributed by atoms with Crippen LogP contribution in [0, 0.1) is 5.82 Å². The highest BCUT2D eigenvalue weighted by Crippen LogP contribution is 2.32. The van der Waals surface area contributed by atoms with Gasteiger partial charge in [-0.25, -0.2) is 17.5 Å². The fourth-order valence-electron chi connectivity index (χ4n) is 2.69. The maximum atomic E-state index is 14.3. The second-order valence-electron chi connectivity index (χ2n) is 5.88. The molecule has 0 bridgehead atoms. The fourth-order valence-corrected chi connectivity index (χ4v) is 3.76. The van der Waals surface area contributed by atoms with Gasteiger partial charge in [0.2, 0.25) is 0 Å². The molecule has 0 aliphatic carbocycles. The van der Waals surface area contributed by atoms with Crippen LogP contribution in [-0.2, 0) is 10.0 Å². The van der Waals surface area contributed by atoms with E-state index in [0.717, 1.165) is 12.5 Å². The van der Waals surface area contributed by atoms with E-state index in [9.17, 15) is 12.8 Å². The first-order chi connectivity index (χ1) is 13.0. The van der Waals surface area contributed by atoms with Crippen molar-refractivity contribution >= 4 is 15.7 Å². The van der Waals surface area contributed by atoms with Crippen molar-refractivity contribution in [2.75, 3.05) is 17.9 Å². The molecule has 140 valence electrons. The molecule has 9 heteroatoms. The SMILES string of the molecule is O=S(=O)(Nc1ccc(-n2cccn2)c(F)c1)c1ccc2c(c1)OCCCO2. The Balaban J connectivity index is 1.60. The molecule has 0 radical (unpaired) electrons. The van der Waals surface area contributed by atoms with Crippen molar-refractivity contribution in [2.24, 2.45) is 0 Å². The monoisotopic (exact) mass is 389 g/mol. The minimum absolute atomic E-state index is 0.00307. The minimum Gasteiger partial charge on any atom is -0.490 e. The summed E-state index contributed by atoms with van der Waals surface area (Å²) in [6.07, 6.45) is 3.84. The largest absolute Gasteiger partial charge is 0.490 e. The molecule has 0 fully saturated rings. The molecule has 1 aliphatic heterocycles. The van der Waals surface area contributed by atoms with E-state index in [1.807, 2.05) is 0 Å². The normalized spacial score (nSPS) is 13.8. The number of anilines is 1. The Labute approximate surface area is 155 Å². The first kappa shape index (κ1) is 17.3. The molecule has 0 spiro atoms. The van der Waals surface area contributed by atoms with Crippen LogP contribution < -0.4 is 14.2 Å². The number of nitrogens with one attached hydrogen (secondary N) is 1. The number of nitrogens with zero attached hydrogens (tertiary/aromatic N) is 2. The third kappa shape index (κ3) is 3.59. The van der Waals surface area contributed by atoms with Crippen molar-refractivity contribution < 1.29 is 22.3 Å². The lowest BCUT2D eigenvalue weighted by atomic mass is 10.3. The maximum absolute atomic E-state index is 14.3. The quantitative estimate of drug-likeness (QED) is 0.742. The number of aromatic nitrogens is 2. The van der Waals surface area contributed by atoms with Gasteiger partial charge < -0.3 is 9.47 Å². The van der Waals surface area contributed by atoms with Crippen molar-refractivity contribution in [3.63, 3.8) is 0 Å². The van der Waals surface area contributed by atoms with Crippen LogP contribution in [0.5, 0.6) is 11.5 Å². The fraction of sp³-hybridized carbons (Fsp3) is 0.167. The molecule has 0 amide bonds. The standard InChI is InChI=1S/C18H16FN3O4S/c19-15-11-13(3-5-16(15)22-8-1-7-20-22)21-27(23,24)14-4-6-17-18(12-14)26-10-2-9-25-17/h1,3-8,11-12,21H,2,9-10H2. The summed E-state index contributed by atoms with van der Waals surface area (Å²) in [4.78, 5) is 0.00307. The van der Waals surface area contributed by atoms with Gasteiger partial charge in [0.1, 0.15) is 5.69 Å². The van der Waals surface area contributed by atoms with Crippen molar-refractivity contribution in [3.8, 4) is 17.2 Å². The molecule has 2 aromatic carbocycles. The summed E-state index contributed by atoms with van der Waals surface area (Å²) in [5.74, 6) is 0.272. The highest BCUT2D eigenvalue weighted by atomic mass is 32.2. The minimum atomic E-state index is -3.92. The van der Waals surface area contributed by atoms with Gasteiger partial charge >= 0.3 is 0 Å². The molecule has 0 atom stereocenters. The number of fused-ring (bicyclic) bond motifs is 1. The van der Waals surface area contributed by atoms with Crippen LogP contribution in [0.1, 0.15) is 6.42 Å². The molecule has 4 rings (SSSR count). The molecular weight excluding hydrogens is 373 g/mol. The maximum Gasteiger partial charge on any atom is 0.262 e. The van der Waals surface area contributed by atoms with E-state index in [-0.39, 0.29) is 16.3 Å². The van der Waals surface area contributed by atoms with E-state index in [1.54, 1.807) is 18.3 Å². The number of hydrogen-bond donors (Lipinski definition) is 1. The zero-order valence-corrected chi connectivity index (χ0v) is 14.9. The van der Waals surface area contributed by atoms with E-state index in [2.05, 4.69) is 9.82 Å². The summed E-state index contributed by atoms with van der Waals surface area (Å²) < 4.78 is 54.4. The number of sulfonamides is 1. The number of halogens is 1. The summed E-state index contributed by atoms with van der Waals surface area (Å²) >= 11 is 0. The Morgan fingerprint density at radius 1 is 1.07 bits per heavy atom. The van der Waals surface area contributed by atoms with Gasteiger partial charge in [-0.05, 0) is 30.3 Å². The van der Waals surface area contributed by atoms with Crippen LogP contribution in [-0.4, -0.2) is 31.4 Å². The Kier molecular flexibility index (Phi) is 4.44. The number of hydrogen-bond acceptors (Lipinski definition) is 5. The average molecular weight is 389 g/mol. The average Bonchev–Trinajstić information content (AvgIpc) is 3.06. The lowest BCUT2D eigenvalue weighted by molar-refractivity contribution is 0.297. The molecular formula is C18H16FN3O4S. The van der Waals surface area contributed by atoms with E-state index in [0.29, 0.717) is 24.7 Å². The Bertz CT molecular complexity index is 1070. The Hall–Kier alpha value is -3.07. The van der Waals surface area contributed by atoms with Gasteiger partial charge in [-0.1, -0.05) is 0 Å². The molecule has 27 heavy (non-hydrogen) atoms. The molecule has 0 unspecified atom stereocenters. The van der Waals surface area contributed by atoms with Crippen molar-refractivity contribution in [2.45, 2.75) is 11.3 Å². The van der Waals surface area contributed by atoms with E-state index in [4.69, 9.17) is 9.47 Å². The Morgan fingerprint density at radius 3 is 2.63 bits per heavy atom. The summed E-state index contributed by atoms with van der Waals surface area (Å²) in [5, 5.41) is 3.96. The van der Waals surface area contributed by atoms with Gasteiger partial charge in [-0.15, -0.1) is 0 Å². The molecule has 3 aromatic rings. The number of ether oxygens (including phenoxy) is 2. The molecule has 2 heterocycles. The summed E-state index contributed by atoms with van der Waals surface area (Å²) in [5.41, 5.74) is 0.328. The number of rotatable bonds is 4. The van der Waals surface area contributed by atoms with Gasteiger partial charge in [-0.3, -0.25) is 4.72 Å².